The average molecular weight is 456 g/mol. The monoisotopic (exact) mass is 456 g/mol. The molecule has 170 valence electrons. The molecule has 2 aromatic carbocycles. The van der Waals surface area contributed by atoms with Crippen molar-refractivity contribution in [3.63, 3.8) is 0 Å². The Balaban J connectivity index is 2.56. The molecular formula is C21H17F9O. The molecule has 1 atom stereocenters. The van der Waals surface area contributed by atoms with E-state index in [9.17, 15) is 44.3 Å². The van der Waals surface area contributed by atoms with Crippen LogP contribution in [-0.2, 0) is 0 Å². The fourth-order valence-corrected chi connectivity index (χ4v) is 2.94. The summed E-state index contributed by atoms with van der Waals surface area (Å²) < 4.78 is 120. The minimum absolute atomic E-state index is 0.188. The van der Waals surface area contributed by atoms with E-state index in [0.717, 1.165) is 0 Å². The molecule has 0 aliphatic rings. The average Bonchev–Trinajstić information content (AvgIpc) is 2.67. The van der Waals surface area contributed by atoms with Gasteiger partial charge in [-0.25, -0.2) is 0 Å². The number of benzene rings is 2. The Labute approximate surface area is 171 Å². The van der Waals surface area contributed by atoms with Crippen LogP contribution >= 0.6 is 0 Å². The van der Waals surface area contributed by atoms with Crippen LogP contribution in [0.4, 0.5) is 39.5 Å². The maximum atomic E-state index is 14.3. The molecule has 0 heterocycles. The van der Waals surface area contributed by atoms with Crippen molar-refractivity contribution in [3.05, 3.63) is 70.8 Å². The third-order valence-electron chi connectivity index (χ3n) is 4.98. The van der Waals surface area contributed by atoms with Crippen molar-refractivity contribution in [2.75, 3.05) is 0 Å². The van der Waals surface area contributed by atoms with Gasteiger partial charge >= 0.3 is 23.9 Å². The molecule has 0 N–H and O–H groups in total. The van der Waals surface area contributed by atoms with Gasteiger partial charge in [0.05, 0.1) is 5.92 Å². The SMILES string of the molecule is Cc1ccc(C(CC(F)(F)C(F)(F)C(F)(F)C(F)(F)F)C(=O)c2ccccc2)cc1C. The fraction of sp³-hybridized carbons (Fsp3) is 0.381. The van der Waals surface area contributed by atoms with Crippen LogP contribution in [0.1, 0.15) is 39.4 Å². The Kier molecular flexibility index (Phi) is 6.54. The number of carbonyl (C=O) groups excluding carboxylic acids is 1. The zero-order valence-corrected chi connectivity index (χ0v) is 16.2. The van der Waals surface area contributed by atoms with Crippen LogP contribution < -0.4 is 0 Å². The predicted molar refractivity (Wildman–Crippen MR) is 94.9 cm³/mol. The Bertz CT molecular complexity index is 934. The quantitative estimate of drug-likeness (QED) is 0.320. The van der Waals surface area contributed by atoms with Crippen molar-refractivity contribution in [3.8, 4) is 0 Å². The summed E-state index contributed by atoms with van der Waals surface area (Å²) in [6.07, 6.45) is -9.17. The minimum Gasteiger partial charge on any atom is -0.293 e. The fourth-order valence-electron chi connectivity index (χ4n) is 2.94. The molecule has 0 saturated carbocycles. The van der Waals surface area contributed by atoms with E-state index < -0.39 is 42.1 Å². The molecule has 0 aliphatic carbocycles. The molecule has 0 radical (unpaired) electrons. The van der Waals surface area contributed by atoms with Gasteiger partial charge in [0, 0.05) is 12.0 Å². The van der Waals surface area contributed by atoms with E-state index in [-0.39, 0.29) is 11.1 Å². The lowest BCUT2D eigenvalue weighted by atomic mass is 9.82. The van der Waals surface area contributed by atoms with Crippen molar-refractivity contribution in [1.29, 1.82) is 0 Å². The van der Waals surface area contributed by atoms with Gasteiger partial charge in [-0.05, 0) is 30.5 Å². The number of rotatable bonds is 7. The number of hydrogen-bond acceptors (Lipinski definition) is 1. The molecule has 31 heavy (non-hydrogen) atoms. The van der Waals surface area contributed by atoms with E-state index in [4.69, 9.17) is 0 Å². The number of halogens is 9. The molecule has 0 amide bonds. The standard InChI is InChI=1S/C21H17F9O/c1-12-8-9-15(10-13(12)2)16(17(31)14-6-4-3-5-7-14)11-18(22,23)19(24,25)20(26,27)21(28,29)30/h3-10,16H,11H2,1-2H3. The highest BCUT2D eigenvalue weighted by Gasteiger charge is 2.81. The van der Waals surface area contributed by atoms with E-state index in [1.54, 1.807) is 6.92 Å². The molecule has 0 spiro atoms. The molecular weight excluding hydrogens is 439 g/mol. The minimum atomic E-state index is -7.01. The lowest BCUT2D eigenvalue weighted by Gasteiger charge is -2.35. The number of alkyl halides is 9. The van der Waals surface area contributed by atoms with Crippen LogP contribution in [-0.4, -0.2) is 29.7 Å². The van der Waals surface area contributed by atoms with E-state index >= 15 is 0 Å². The van der Waals surface area contributed by atoms with E-state index in [0.29, 0.717) is 11.1 Å². The normalized spacial score (nSPS) is 14.4. The first-order valence-corrected chi connectivity index (χ1v) is 8.89. The van der Waals surface area contributed by atoms with Gasteiger partial charge in [0.1, 0.15) is 0 Å². The second kappa shape index (κ2) is 8.20. The van der Waals surface area contributed by atoms with E-state index in [1.165, 1.54) is 55.5 Å². The van der Waals surface area contributed by atoms with Crippen molar-refractivity contribution >= 4 is 5.78 Å². The number of carbonyl (C=O) groups is 1. The second-order valence-corrected chi connectivity index (χ2v) is 7.18. The van der Waals surface area contributed by atoms with Crippen LogP contribution in [0.15, 0.2) is 48.5 Å². The van der Waals surface area contributed by atoms with Crippen molar-refractivity contribution in [2.45, 2.75) is 50.1 Å². The van der Waals surface area contributed by atoms with Gasteiger partial charge in [0.2, 0.25) is 0 Å². The van der Waals surface area contributed by atoms with Crippen molar-refractivity contribution < 1.29 is 44.3 Å². The van der Waals surface area contributed by atoms with Gasteiger partial charge in [-0.3, -0.25) is 4.79 Å². The molecule has 1 nitrogen and oxygen atoms in total. The third kappa shape index (κ3) is 4.57. The first-order chi connectivity index (χ1) is 14.0. The van der Waals surface area contributed by atoms with Gasteiger partial charge in [-0.2, -0.15) is 39.5 Å². The maximum Gasteiger partial charge on any atom is 0.460 e. The van der Waals surface area contributed by atoms with E-state index in [1.807, 2.05) is 0 Å². The Morgan fingerprint density at radius 3 is 1.81 bits per heavy atom. The van der Waals surface area contributed by atoms with Crippen LogP contribution in [0.25, 0.3) is 0 Å². The van der Waals surface area contributed by atoms with Crippen LogP contribution in [0.3, 0.4) is 0 Å². The molecule has 0 bridgehead atoms. The second-order valence-electron chi connectivity index (χ2n) is 7.18. The lowest BCUT2D eigenvalue weighted by Crippen LogP contribution is -2.61. The van der Waals surface area contributed by atoms with Gasteiger partial charge in [-0.1, -0.05) is 48.5 Å². The first-order valence-electron chi connectivity index (χ1n) is 8.89. The van der Waals surface area contributed by atoms with Gasteiger partial charge in [0.25, 0.3) is 0 Å². The highest BCUT2D eigenvalue weighted by Crippen LogP contribution is 2.55. The largest absolute Gasteiger partial charge is 0.460 e. The van der Waals surface area contributed by atoms with Gasteiger partial charge in [0.15, 0.2) is 5.78 Å². The molecule has 0 saturated heterocycles. The Morgan fingerprint density at radius 2 is 1.32 bits per heavy atom. The first kappa shape index (κ1) is 24.7. The molecule has 1 unspecified atom stereocenters. The van der Waals surface area contributed by atoms with Gasteiger partial charge in [-0.15, -0.1) is 0 Å². The molecule has 2 rings (SSSR count). The Morgan fingerprint density at radius 1 is 0.774 bits per heavy atom. The smallest absolute Gasteiger partial charge is 0.293 e. The molecule has 10 heteroatoms. The summed E-state index contributed by atoms with van der Waals surface area (Å²) in [5, 5.41) is 0. The van der Waals surface area contributed by atoms with Crippen LogP contribution in [0.5, 0.6) is 0 Å². The highest BCUT2D eigenvalue weighted by atomic mass is 19.4. The lowest BCUT2D eigenvalue weighted by molar-refractivity contribution is -0.396. The molecule has 0 aliphatic heterocycles. The summed E-state index contributed by atoms with van der Waals surface area (Å²) >= 11 is 0. The zero-order valence-electron chi connectivity index (χ0n) is 16.2. The summed E-state index contributed by atoms with van der Waals surface area (Å²) in [4.78, 5) is 12.8. The van der Waals surface area contributed by atoms with Gasteiger partial charge < -0.3 is 0 Å². The summed E-state index contributed by atoms with van der Waals surface area (Å²) in [5.41, 5.74) is 0.754. The number of ketones is 1. The number of aryl methyl sites for hydroxylation is 2. The summed E-state index contributed by atoms with van der Waals surface area (Å²) in [7, 11) is 0. The van der Waals surface area contributed by atoms with Crippen LogP contribution in [0, 0.1) is 13.8 Å². The topological polar surface area (TPSA) is 17.1 Å². The molecule has 2 aromatic rings. The highest BCUT2D eigenvalue weighted by molar-refractivity contribution is 6.01. The number of hydrogen-bond donors (Lipinski definition) is 0. The predicted octanol–water partition coefficient (Wildman–Crippen LogP) is 7.13. The Hall–Kier alpha value is -2.52. The maximum absolute atomic E-state index is 14.3. The number of Topliss-reactive ketones (excluding diaryl/α,β-unsaturated/α-hetero) is 1. The summed E-state index contributed by atoms with van der Waals surface area (Å²) in [6, 6.07) is 10.4. The molecule has 0 aromatic heterocycles. The zero-order chi connectivity index (χ0) is 23.8. The van der Waals surface area contributed by atoms with Crippen molar-refractivity contribution in [2.24, 2.45) is 0 Å². The third-order valence-corrected chi connectivity index (χ3v) is 4.98. The summed E-state index contributed by atoms with van der Waals surface area (Å²) in [5.74, 6) is -22.9. The van der Waals surface area contributed by atoms with Crippen molar-refractivity contribution in [1.82, 2.24) is 0 Å². The summed E-state index contributed by atoms with van der Waals surface area (Å²) in [6.45, 7) is 3.17. The molecule has 0 fully saturated rings. The van der Waals surface area contributed by atoms with Crippen LogP contribution in [0.2, 0.25) is 0 Å². The van der Waals surface area contributed by atoms with E-state index in [2.05, 4.69) is 0 Å².